The van der Waals surface area contributed by atoms with Gasteiger partial charge in [-0.2, -0.15) is 0 Å². The van der Waals surface area contributed by atoms with Crippen LogP contribution in [0.1, 0.15) is 31.9 Å². The van der Waals surface area contributed by atoms with E-state index in [9.17, 15) is 14.9 Å². The first-order chi connectivity index (χ1) is 13.2. The van der Waals surface area contributed by atoms with Crippen LogP contribution in [0, 0.1) is 10.1 Å². The van der Waals surface area contributed by atoms with Crippen LogP contribution in [0.5, 0.6) is 0 Å². The first-order valence-electron chi connectivity index (χ1n) is 9.52. The zero-order valence-corrected chi connectivity index (χ0v) is 18.6. The number of halogens is 1. The van der Waals surface area contributed by atoms with Gasteiger partial charge in [0.15, 0.2) is 6.54 Å². The number of rotatable bonds is 7. The number of non-ortho nitro benzene ring substituents is 1. The largest absolute Gasteiger partial charge is 1.00 e. The average Bonchev–Trinajstić information content (AvgIpc) is 3.25. The summed E-state index contributed by atoms with van der Waals surface area (Å²) >= 11 is 0. The van der Waals surface area contributed by atoms with Crippen molar-refractivity contribution in [2.45, 2.75) is 45.4 Å². The third-order valence-electron chi connectivity index (χ3n) is 5.04. The standard InChI is InChI=1S/C22H27N2O4.BrH/c1-22(2,3)28-21(25)16-24(14-18-9-11-19(12-10-18)23(26)27)15-20(24)13-17-7-5-4-6-8-17;/h4-12,20H,13-16H2,1-3H3;1H/q+1;/p-1. The molecule has 2 atom stereocenters. The molecule has 7 heteroatoms. The Morgan fingerprint density at radius 2 is 1.72 bits per heavy atom. The van der Waals surface area contributed by atoms with Crippen LogP contribution in [-0.2, 0) is 22.5 Å². The molecule has 2 aromatic rings. The molecule has 1 heterocycles. The molecule has 0 aromatic heterocycles. The Bertz CT molecular complexity index is 849. The Kier molecular flexibility index (Phi) is 7.19. The highest BCUT2D eigenvalue weighted by molar-refractivity contribution is 5.71. The number of carbonyl (C=O) groups excluding carboxylic acids is 1. The van der Waals surface area contributed by atoms with Crippen LogP contribution in [-0.4, -0.2) is 40.1 Å². The summed E-state index contributed by atoms with van der Waals surface area (Å²) in [5, 5.41) is 10.9. The van der Waals surface area contributed by atoms with Gasteiger partial charge in [0.1, 0.15) is 24.7 Å². The number of hydrogen-bond donors (Lipinski definition) is 0. The molecule has 6 nitrogen and oxygen atoms in total. The lowest BCUT2D eigenvalue weighted by atomic mass is 10.1. The number of ether oxygens (including phenoxy) is 1. The molecular formula is C22H27BrN2O4. The lowest BCUT2D eigenvalue weighted by molar-refractivity contribution is -0.820. The Morgan fingerprint density at radius 3 is 2.28 bits per heavy atom. The molecule has 29 heavy (non-hydrogen) atoms. The highest BCUT2D eigenvalue weighted by atomic mass is 79.9. The van der Waals surface area contributed by atoms with E-state index in [4.69, 9.17) is 4.74 Å². The van der Waals surface area contributed by atoms with Crippen LogP contribution in [0.25, 0.3) is 0 Å². The Hall–Kier alpha value is -2.25. The SMILES string of the molecule is CC(C)(C)OC(=O)C[N+]1(Cc2ccc([N+](=O)[O-])cc2)CC1Cc1ccccc1.[Br-]. The summed E-state index contributed by atoms with van der Waals surface area (Å²) < 4.78 is 6.18. The maximum Gasteiger partial charge on any atom is 0.362 e. The van der Waals surface area contributed by atoms with E-state index in [2.05, 4.69) is 12.1 Å². The smallest absolute Gasteiger partial charge is 0.362 e. The molecule has 1 aliphatic heterocycles. The summed E-state index contributed by atoms with van der Waals surface area (Å²) in [6.45, 7) is 7.48. The zero-order valence-electron chi connectivity index (χ0n) is 17.0. The minimum Gasteiger partial charge on any atom is -1.00 e. The zero-order chi connectivity index (χ0) is 20.4. The first kappa shape index (κ1) is 23.0. The van der Waals surface area contributed by atoms with Gasteiger partial charge in [-0.05, 0) is 38.5 Å². The summed E-state index contributed by atoms with van der Waals surface area (Å²) in [5.74, 6) is -0.204. The van der Waals surface area contributed by atoms with Crippen molar-refractivity contribution in [1.29, 1.82) is 0 Å². The molecule has 0 radical (unpaired) electrons. The molecule has 0 spiro atoms. The molecule has 2 aromatic carbocycles. The molecule has 0 aliphatic carbocycles. The van der Waals surface area contributed by atoms with Crippen LogP contribution in [0.2, 0.25) is 0 Å². The molecule has 1 aliphatic rings. The van der Waals surface area contributed by atoms with E-state index in [1.807, 2.05) is 39.0 Å². The summed E-state index contributed by atoms with van der Waals surface area (Å²) in [4.78, 5) is 23.0. The van der Waals surface area contributed by atoms with E-state index < -0.39 is 10.5 Å². The van der Waals surface area contributed by atoms with Gasteiger partial charge in [-0.1, -0.05) is 30.3 Å². The van der Waals surface area contributed by atoms with Crippen molar-refractivity contribution >= 4 is 11.7 Å². The second kappa shape index (κ2) is 9.05. The third-order valence-corrected chi connectivity index (χ3v) is 5.04. The lowest BCUT2D eigenvalue weighted by Gasteiger charge is -2.24. The van der Waals surface area contributed by atoms with Crippen LogP contribution in [0.15, 0.2) is 54.6 Å². The van der Waals surface area contributed by atoms with Crippen molar-refractivity contribution in [2.24, 2.45) is 0 Å². The van der Waals surface area contributed by atoms with E-state index in [0.29, 0.717) is 23.6 Å². The maximum absolute atomic E-state index is 12.5. The molecule has 0 N–H and O–H groups in total. The number of nitrogens with zero attached hydrogens (tertiary/aromatic N) is 2. The van der Waals surface area contributed by atoms with Crippen molar-refractivity contribution in [3.8, 4) is 0 Å². The molecule has 156 valence electrons. The summed E-state index contributed by atoms with van der Waals surface area (Å²) in [6, 6.07) is 17.2. The number of esters is 1. The second-order valence-corrected chi connectivity index (χ2v) is 8.57. The van der Waals surface area contributed by atoms with Crippen LogP contribution in [0.4, 0.5) is 5.69 Å². The van der Waals surface area contributed by atoms with Crippen molar-refractivity contribution in [1.82, 2.24) is 0 Å². The minimum atomic E-state index is -0.515. The minimum absolute atomic E-state index is 0. The van der Waals surface area contributed by atoms with Gasteiger partial charge in [0, 0.05) is 24.1 Å². The fourth-order valence-electron chi connectivity index (χ4n) is 3.68. The van der Waals surface area contributed by atoms with E-state index in [1.54, 1.807) is 12.1 Å². The van der Waals surface area contributed by atoms with Gasteiger partial charge >= 0.3 is 5.97 Å². The maximum atomic E-state index is 12.5. The monoisotopic (exact) mass is 462 g/mol. The van der Waals surface area contributed by atoms with Gasteiger partial charge in [0.2, 0.25) is 0 Å². The summed E-state index contributed by atoms with van der Waals surface area (Å²) in [7, 11) is 0. The quantitative estimate of drug-likeness (QED) is 0.201. The molecule has 3 rings (SSSR count). The Labute approximate surface area is 182 Å². The van der Waals surface area contributed by atoms with E-state index in [1.165, 1.54) is 17.7 Å². The van der Waals surface area contributed by atoms with E-state index in [-0.39, 0.29) is 28.6 Å². The lowest BCUT2D eigenvalue weighted by Crippen LogP contribution is -3.00. The Morgan fingerprint density at radius 1 is 1.10 bits per heavy atom. The molecular weight excluding hydrogens is 436 g/mol. The highest BCUT2D eigenvalue weighted by Crippen LogP contribution is 2.37. The molecule has 0 saturated carbocycles. The summed E-state index contributed by atoms with van der Waals surface area (Å²) in [5.41, 5.74) is 1.80. The second-order valence-electron chi connectivity index (χ2n) is 8.57. The van der Waals surface area contributed by atoms with E-state index >= 15 is 0 Å². The molecule has 2 unspecified atom stereocenters. The molecule has 0 amide bonds. The van der Waals surface area contributed by atoms with Crippen LogP contribution >= 0.6 is 0 Å². The molecule has 1 fully saturated rings. The number of benzene rings is 2. The fraction of sp³-hybridized carbons (Fsp3) is 0.409. The summed E-state index contributed by atoms with van der Waals surface area (Å²) in [6.07, 6.45) is 0.899. The van der Waals surface area contributed by atoms with Crippen molar-refractivity contribution < 1.29 is 35.9 Å². The van der Waals surface area contributed by atoms with Gasteiger partial charge in [-0.25, -0.2) is 4.79 Å². The van der Waals surface area contributed by atoms with Gasteiger partial charge < -0.3 is 21.7 Å². The van der Waals surface area contributed by atoms with Gasteiger partial charge in [-0.15, -0.1) is 0 Å². The number of nitro benzene ring substituents is 1. The molecule has 0 bridgehead atoms. The Balaban J connectivity index is 0.00000300. The van der Waals surface area contributed by atoms with Crippen LogP contribution < -0.4 is 17.0 Å². The normalized spacial score (nSPS) is 20.4. The topological polar surface area (TPSA) is 69.4 Å². The van der Waals surface area contributed by atoms with Crippen molar-refractivity contribution in [2.75, 3.05) is 13.1 Å². The average molecular weight is 463 g/mol. The van der Waals surface area contributed by atoms with Gasteiger partial charge in [-0.3, -0.25) is 14.6 Å². The number of carbonyl (C=O) groups is 1. The van der Waals surface area contributed by atoms with Gasteiger partial charge in [0.05, 0.1) is 4.92 Å². The predicted molar refractivity (Wildman–Crippen MR) is 107 cm³/mol. The predicted octanol–water partition coefficient (Wildman–Crippen LogP) is 0.882. The fourth-order valence-corrected chi connectivity index (χ4v) is 3.68. The van der Waals surface area contributed by atoms with Crippen molar-refractivity contribution in [3.63, 3.8) is 0 Å². The van der Waals surface area contributed by atoms with Crippen molar-refractivity contribution in [3.05, 3.63) is 75.8 Å². The molecule has 1 saturated heterocycles. The number of quaternary nitrogens is 1. The third kappa shape index (κ3) is 6.37. The highest BCUT2D eigenvalue weighted by Gasteiger charge is 2.56. The number of nitro groups is 1. The van der Waals surface area contributed by atoms with E-state index in [0.717, 1.165) is 18.5 Å². The van der Waals surface area contributed by atoms with Crippen LogP contribution in [0.3, 0.4) is 0 Å². The number of hydrogen-bond acceptors (Lipinski definition) is 4. The first-order valence-corrected chi connectivity index (χ1v) is 9.52. The van der Waals surface area contributed by atoms with Gasteiger partial charge in [0.25, 0.3) is 5.69 Å².